The molecular weight excluding hydrogens is 286 g/mol. The zero-order chi connectivity index (χ0) is 17.0. The molecule has 0 fully saturated rings. The molecule has 1 amide bonds. The molecule has 0 aromatic heterocycles. The van der Waals surface area contributed by atoms with Crippen molar-refractivity contribution >= 4 is 11.8 Å². The monoisotopic (exact) mass is 309 g/mol. The van der Waals surface area contributed by atoms with E-state index >= 15 is 0 Å². The second-order valence-corrected chi connectivity index (χ2v) is 6.30. The summed E-state index contributed by atoms with van der Waals surface area (Å²) in [6.45, 7) is 7.50. The summed E-state index contributed by atoms with van der Waals surface area (Å²) in [6, 6.07) is 6.20. The lowest BCUT2D eigenvalue weighted by atomic mass is 9.91. The van der Waals surface area contributed by atoms with E-state index < -0.39 is 22.2 Å². The number of benzene rings is 1. The van der Waals surface area contributed by atoms with Gasteiger partial charge < -0.3 is 15.4 Å². The van der Waals surface area contributed by atoms with Gasteiger partial charge in [-0.2, -0.15) is 0 Å². The first-order valence-electron chi connectivity index (χ1n) is 6.98. The van der Waals surface area contributed by atoms with Crippen molar-refractivity contribution in [3.05, 3.63) is 39.9 Å². The Balaban J connectivity index is 3.07. The molecule has 7 nitrogen and oxygen atoms in total. The molecule has 0 aliphatic rings. The molecule has 0 saturated heterocycles. The maximum atomic E-state index is 12.0. The van der Waals surface area contributed by atoms with Crippen LogP contribution in [0.5, 0.6) is 0 Å². The van der Waals surface area contributed by atoms with Crippen LogP contribution < -0.4 is 10.6 Å². The minimum Gasteiger partial charge on any atom is -0.444 e. The Morgan fingerprint density at radius 3 is 2.45 bits per heavy atom. The van der Waals surface area contributed by atoms with Gasteiger partial charge in [-0.3, -0.25) is 10.1 Å². The molecule has 1 aromatic rings. The third kappa shape index (κ3) is 5.00. The lowest BCUT2D eigenvalue weighted by molar-refractivity contribution is -0.385. The minimum atomic E-state index is -0.830. The molecule has 1 rings (SSSR count). The predicted octanol–water partition coefficient (Wildman–Crippen LogP) is 2.55. The maximum absolute atomic E-state index is 12.0. The zero-order valence-electron chi connectivity index (χ0n) is 13.6. The van der Waals surface area contributed by atoms with Gasteiger partial charge in [-0.25, -0.2) is 4.79 Å². The van der Waals surface area contributed by atoms with Crippen LogP contribution in [0.4, 0.5) is 10.5 Å². The molecule has 22 heavy (non-hydrogen) atoms. The zero-order valence-corrected chi connectivity index (χ0v) is 13.6. The smallest absolute Gasteiger partial charge is 0.408 e. The summed E-state index contributed by atoms with van der Waals surface area (Å²) in [5, 5.41) is 16.7. The molecule has 0 radical (unpaired) electrons. The lowest BCUT2D eigenvalue weighted by Crippen LogP contribution is -2.50. The van der Waals surface area contributed by atoms with Crippen molar-refractivity contribution in [2.45, 2.75) is 38.8 Å². The van der Waals surface area contributed by atoms with Crippen LogP contribution in [0.3, 0.4) is 0 Å². The molecule has 122 valence electrons. The van der Waals surface area contributed by atoms with Crippen molar-refractivity contribution in [3.8, 4) is 0 Å². The Morgan fingerprint density at radius 1 is 1.32 bits per heavy atom. The summed E-state index contributed by atoms with van der Waals surface area (Å²) in [5.74, 6) is 0. The number of nitro groups is 1. The molecule has 7 heteroatoms. The highest BCUT2D eigenvalue weighted by Crippen LogP contribution is 2.24. The topological polar surface area (TPSA) is 93.5 Å². The normalized spacial score (nSPS) is 14.0. The molecule has 1 unspecified atom stereocenters. The summed E-state index contributed by atoms with van der Waals surface area (Å²) in [7, 11) is 1.74. The van der Waals surface area contributed by atoms with E-state index in [1.54, 1.807) is 46.9 Å². The van der Waals surface area contributed by atoms with Gasteiger partial charge >= 0.3 is 6.09 Å². The Hall–Kier alpha value is -2.15. The van der Waals surface area contributed by atoms with E-state index in [9.17, 15) is 14.9 Å². The summed E-state index contributed by atoms with van der Waals surface area (Å²) in [5.41, 5.74) is -0.844. The minimum absolute atomic E-state index is 0.0224. The number of hydrogen-bond acceptors (Lipinski definition) is 5. The van der Waals surface area contributed by atoms with E-state index in [-0.39, 0.29) is 5.69 Å². The van der Waals surface area contributed by atoms with Crippen LogP contribution in [0.25, 0.3) is 0 Å². The first-order valence-corrected chi connectivity index (χ1v) is 6.98. The number of non-ortho nitro benzene ring substituents is 1. The second-order valence-electron chi connectivity index (χ2n) is 6.30. The number of carbonyl (C=O) groups excluding carboxylic acids is 1. The van der Waals surface area contributed by atoms with E-state index in [1.807, 2.05) is 0 Å². The van der Waals surface area contributed by atoms with Crippen LogP contribution in [-0.2, 0) is 10.3 Å². The molecule has 0 heterocycles. The van der Waals surface area contributed by atoms with E-state index in [2.05, 4.69) is 10.6 Å². The Morgan fingerprint density at radius 2 is 1.95 bits per heavy atom. The molecule has 1 atom stereocenters. The fourth-order valence-electron chi connectivity index (χ4n) is 2.06. The highest BCUT2D eigenvalue weighted by atomic mass is 16.6. The molecular formula is C15H23N3O4. The number of carbonyl (C=O) groups is 1. The van der Waals surface area contributed by atoms with E-state index in [0.717, 1.165) is 0 Å². The van der Waals surface area contributed by atoms with Crippen LogP contribution in [0, 0.1) is 10.1 Å². The van der Waals surface area contributed by atoms with Gasteiger partial charge in [0.05, 0.1) is 10.5 Å². The Labute approximate surface area is 130 Å². The Kier molecular flexibility index (Phi) is 5.48. The average molecular weight is 309 g/mol. The molecule has 2 N–H and O–H groups in total. The van der Waals surface area contributed by atoms with Crippen LogP contribution in [-0.4, -0.2) is 30.2 Å². The van der Waals surface area contributed by atoms with Crippen LogP contribution in [0.15, 0.2) is 24.3 Å². The van der Waals surface area contributed by atoms with Crippen molar-refractivity contribution in [3.63, 3.8) is 0 Å². The van der Waals surface area contributed by atoms with Gasteiger partial charge in [-0.1, -0.05) is 12.1 Å². The molecule has 0 aliphatic heterocycles. The van der Waals surface area contributed by atoms with Crippen LogP contribution >= 0.6 is 0 Å². The number of alkyl carbamates (subject to hydrolysis) is 1. The van der Waals surface area contributed by atoms with E-state index in [4.69, 9.17) is 4.74 Å². The largest absolute Gasteiger partial charge is 0.444 e. The maximum Gasteiger partial charge on any atom is 0.408 e. The number of rotatable bonds is 5. The van der Waals surface area contributed by atoms with E-state index in [1.165, 1.54) is 12.1 Å². The highest BCUT2D eigenvalue weighted by molar-refractivity contribution is 5.69. The highest BCUT2D eigenvalue weighted by Gasteiger charge is 2.31. The summed E-state index contributed by atoms with van der Waals surface area (Å²) in [4.78, 5) is 22.5. The lowest BCUT2D eigenvalue weighted by Gasteiger charge is -2.32. The molecule has 0 saturated carbocycles. The quantitative estimate of drug-likeness (QED) is 0.644. The van der Waals surface area contributed by atoms with Gasteiger partial charge in [0.2, 0.25) is 0 Å². The SMILES string of the molecule is CNCC(C)(NC(=O)OC(C)(C)C)c1cccc([N+](=O)[O-])c1. The second kappa shape index (κ2) is 6.74. The van der Waals surface area contributed by atoms with Crippen LogP contribution in [0.1, 0.15) is 33.3 Å². The number of nitrogens with zero attached hydrogens (tertiary/aromatic N) is 1. The third-order valence-corrected chi connectivity index (χ3v) is 3.00. The van der Waals surface area contributed by atoms with Gasteiger partial charge in [0.25, 0.3) is 5.69 Å². The van der Waals surface area contributed by atoms with Crippen LogP contribution in [0.2, 0.25) is 0 Å². The summed E-state index contributed by atoms with van der Waals surface area (Å²) in [6.07, 6.45) is -0.572. The standard InChI is InChI=1S/C15H23N3O4/c1-14(2,3)22-13(19)17-15(4,10-16-5)11-7-6-8-12(9-11)18(20)21/h6-9,16H,10H2,1-5H3,(H,17,19). The fraction of sp³-hybridized carbons (Fsp3) is 0.533. The first kappa shape index (κ1) is 17.9. The summed E-state index contributed by atoms with van der Waals surface area (Å²) >= 11 is 0. The molecule has 0 aliphatic carbocycles. The predicted molar refractivity (Wildman–Crippen MR) is 83.7 cm³/mol. The molecule has 1 aromatic carbocycles. The van der Waals surface area contributed by atoms with E-state index in [0.29, 0.717) is 12.1 Å². The number of nitrogens with one attached hydrogen (secondary N) is 2. The van der Waals surface area contributed by atoms with Crippen molar-refractivity contribution in [1.29, 1.82) is 0 Å². The van der Waals surface area contributed by atoms with Crippen molar-refractivity contribution in [1.82, 2.24) is 10.6 Å². The van der Waals surface area contributed by atoms with Gasteiger partial charge in [0.1, 0.15) is 5.60 Å². The van der Waals surface area contributed by atoms with Crippen molar-refractivity contribution in [2.75, 3.05) is 13.6 Å². The summed E-state index contributed by atoms with van der Waals surface area (Å²) < 4.78 is 5.27. The molecule has 0 spiro atoms. The first-order chi connectivity index (χ1) is 10.1. The van der Waals surface area contributed by atoms with Crippen molar-refractivity contribution < 1.29 is 14.5 Å². The number of nitro benzene ring substituents is 1. The van der Waals surface area contributed by atoms with Gasteiger partial charge in [0, 0.05) is 18.7 Å². The average Bonchev–Trinajstić information content (AvgIpc) is 2.36. The molecule has 0 bridgehead atoms. The number of hydrogen-bond donors (Lipinski definition) is 2. The van der Waals surface area contributed by atoms with Crippen molar-refractivity contribution in [2.24, 2.45) is 0 Å². The third-order valence-electron chi connectivity index (χ3n) is 3.00. The number of ether oxygens (including phenoxy) is 1. The Bertz CT molecular complexity index is 554. The fourth-order valence-corrected chi connectivity index (χ4v) is 2.06. The van der Waals surface area contributed by atoms with Gasteiger partial charge in [-0.05, 0) is 40.3 Å². The van der Waals surface area contributed by atoms with Gasteiger partial charge in [0.15, 0.2) is 0 Å². The number of amides is 1. The number of likely N-dealkylation sites (N-methyl/N-ethyl adjacent to an activating group) is 1. The van der Waals surface area contributed by atoms with Gasteiger partial charge in [-0.15, -0.1) is 0 Å².